The van der Waals surface area contributed by atoms with Gasteiger partial charge in [0.25, 0.3) is 0 Å². The molecule has 2 aliphatic rings. The summed E-state index contributed by atoms with van der Waals surface area (Å²) in [5.41, 5.74) is 3.64. The van der Waals surface area contributed by atoms with E-state index in [-0.39, 0.29) is 23.8 Å². The van der Waals surface area contributed by atoms with Crippen LogP contribution in [0, 0.1) is 0 Å². The molecule has 3 heterocycles. The molecule has 4 aromatic rings. The Morgan fingerprint density at radius 2 is 1.83 bits per heavy atom. The molecule has 5 nitrogen and oxygen atoms in total. The number of pyridine rings is 1. The minimum Gasteiger partial charge on any atom is -1.00 e. The highest BCUT2D eigenvalue weighted by molar-refractivity contribution is 7.99. The third-order valence-electron chi connectivity index (χ3n) is 6.21. The summed E-state index contributed by atoms with van der Waals surface area (Å²) in [6, 6.07) is 18.4. The smallest absolute Gasteiger partial charge is 0.231 e. The lowest BCUT2D eigenvalue weighted by Gasteiger charge is -2.18. The number of aromatic nitrogens is 1. The SMILES string of the molecule is COc1ccc2cc3[n+](cc2c1OCCSc1ccc(Cl)cc1)CCc1cc2c(cc1-3)OCO2.[Br-]. The summed E-state index contributed by atoms with van der Waals surface area (Å²) in [5.74, 6) is 3.99. The van der Waals surface area contributed by atoms with Crippen molar-refractivity contribution < 1.29 is 40.5 Å². The molecule has 0 spiro atoms. The Balaban J connectivity index is 0.00000253. The number of halogens is 2. The van der Waals surface area contributed by atoms with E-state index in [2.05, 4.69) is 35.0 Å². The number of benzene rings is 3. The normalized spacial score (nSPS) is 13.1. The summed E-state index contributed by atoms with van der Waals surface area (Å²) in [4.78, 5) is 1.17. The average molecular weight is 573 g/mol. The van der Waals surface area contributed by atoms with Crippen molar-refractivity contribution in [1.82, 2.24) is 0 Å². The molecule has 180 valence electrons. The molecule has 3 aromatic carbocycles. The van der Waals surface area contributed by atoms with Crippen LogP contribution in [0.25, 0.3) is 22.0 Å². The van der Waals surface area contributed by atoms with Gasteiger partial charge >= 0.3 is 0 Å². The Morgan fingerprint density at radius 3 is 2.63 bits per heavy atom. The van der Waals surface area contributed by atoms with Gasteiger partial charge in [-0.25, -0.2) is 0 Å². The molecule has 1 aromatic heterocycles. The molecule has 0 aliphatic carbocycles. The van der Waals surface area contributed by atoms with Crippen LogP contribution in [0.15, 0.2) is 65.7 Å². The number of fused-ring (bicyclic) bond motifs is 5. The number of rotatable bonds is 6. The fourth-order valence-corrected chi connectivity index (χ4v) is 5.40. The van der Waals surface area contributed by atoms with Gasteiger partial charge < -0.3 is 35.9 Å². The van der Waals surface area contributed by atoms with E-state index >= 15 is 0 Å². The summed E-state index contributed by atoms with van der Waals surface area (Å²) in [7, 11) is 1.68. The fourth-order valence-electron chi connectivity index (χ4n) is 4.54. The van der Waals surface area contributed by atoms with Crippen molar-refractivity contribution in [2.75, 3.05) is 26.3 Å². The summed E-state index contributed by atoms with van der Waals surface area (Å²) in [6.07, 6.45) is 3.12. The van der Waals surface area contributed by atoms with Crippen LogP contribution >= 0.6 is 23.4 Å². The van der Waals surface area contributed by atoms with Crippen LogP contribution < -0.4 is 40.5 Å². The molecule has 0 unspecified atom stereocenters. The van der Waals surface area contributed by atoms with Gasteiger partial charge in [-0.1, -0.05) is 11.6 Å². The van der Waals surface area contributed by atoms with Crippen molar-refractivity contribution >= 4 is 34.1 Å². The van der Waals surface area contributed by atoms with Gasteiger partial charge in [-0.3, -0.25) is 0 Å². The lowest BCUT2D eigenvalue weighted by molar-refractivity contribution is -0.686. The van der Waals surface area contributed by atoms with Crippen molar-refractivity contribution in [3.05, 3.63) is 71.4 Å². The van der Waals surface area contributed by atoms with Gasteiger partial charge in [-0.2, -0.15) is 4.57 Å². The van der Waals surface area contributed by atoms with Crippen molar-refractivity contribution in [2.45, 2.75) is 17.9 Å². The van der Waals surface area contributed by atoms with Crippen molar-refractivity contribution in [3.8, 4) is 34.3 Å². The van der Waals surface area contributed by atoms with E-state index in [1.807, 2.05) is 30.3 Å². The third-order valence-corrected chi connectivity index (χ3v) is 7.44. The first-order valence-corrected chi connectivity index (χ1v) is 12.5. The molecule has 0 fully saturated rings. The molecule has 0 bridgehead atoms. The van der Waals surface area contributed by atoms with E-state index in [1.165, 1.54) is 21.7 Å². The second-order valence-corrected chi connectivity index (χ2v) is 9.82. The maximum atomic E-state index is 6.29. The molecule has 0 amide bonds. The molecule has 0 atom stereocenters. The molecule has 6 rings (SSSR count). The highest BCUT2D eigenvalue weighted by Gasteiger charge is 2.28. The molecule has 8 heteroatoms. The number of ether oxygens (including phenoxy) is 4. The van der Waals surface area contributed by atoms with E-state index in [4.69, 9.17) is 30.5 Å². The Bertz CT molecular complexity index is 1400. The maximum absolute atomic E-state index is 6.29. The Morgan fingerprint density at radius 1 is 1.03 bits per heavy atom. The number of methoxy groups -OCH3 is 1. The zero-order valence-electron chi connectivity index (χ0n) is 19.1. The minimum atomic E-state index is 0. The first-order valence-electron chi connectivity index (χ1n) is 11.2. The molecular weight excluding hydrogens is 550 g/mol. The first-order chi connectivity index (χ1) is 16.7. The molecule has 0 radical (unpaired) electrons. The van der Waals surface area contributed by atoms with Gasteiger partial charge in [0.2, 0.25) is 12.5 Å². The Hall–Kier alpha value is -2.61. The lowest BCUT2D eigenvalue weighted by atomic mass is 9.95. The van der Waals surface area contributed by atoms with E-state index in [1.54, 1.807) is 18.9 Å². The quantitative estimate of drug-likeness (QED) is 0.202. The second-order valence-electron chi connectivity index (χ2n) is 8.22. The standard InChI is InChI=1S/C27H23ClNO4S.BrH/c1-30-24-7-2-17-12-23-21-14-26-25(32-16-33-26)13-18(21)8-9-29(23)15-22(17)27(24)31-10-11-34-20-5-3-19(28)4-6-20;/h2-7,12-15H,8-11,16H2,1H3;1H/q+1;/p-1. The molecular formula is C27H23BrClNO4S. The average Bonchev–Trinajstić information content (AvgIpc) is 3.32. The minimum absolute atomic E-state index is 0. The maximum Gasteiger partial charge on any atom is 0.231 e. The number of thioether (sulfide) groups is 1. The van der Waals surface area contributed by atoms with Crippen LogP contribution in [0.5, 0.6) is 23.0 Å². The van der Waals surface area contributed by atoms with E-state index in [0.717, 1.165) is 57.5 Å². The summed E-state index contributed by atoms with van der Waals surface area (Å²) >= 11 is 7.72. The van der Waals surface area contributed by atoms with Gasteiger partial charge in [-0.05, 0) is 59.5 Å². The highest BCUT2D eigenvalue weighted by atomic mass is 79.9. The monoisotopic (exact) mass is 571 g/mol. The van der Waals surface area contributed by atoms with Gasteiger partial charge in [0.15, 0.2) is 35.7 Å². The van der Waals surface area contributed by atoms with E-state index < -0.39 is 0 Å². The summed E-state index contributed by atoms with van der Waals surface area (Å²) in [5, 5.41) is 2.90. The van der Waals surface area contributed by atoms with Crippen LogP contribution in [0.2, 0.25) is 5.02 Å². The zero-order valence-corrected chi connectivity index (χ0v) is 22.2. The molecule has 0 saturated heterocycles. The fraction of sp³-hybridized carbons (Fsp3) is 0.222. The van der Waals surface area contributed by atoms with Crippen LogP contribution in [0.3, 0.4) is 0 Å². The van der Waals surface area contributed by atoms with Gasteiger partial charge in [0.1, 0.15) is 0 Å². The molecule has 0 saturated carbocycles. The topological polar surface area (TPSA) is 40.8 Å². The van der Waals surface area contributed by atoms with Gasteiger partial charge in [0.05, 0.1) is 24.7 Å². The Labute approximate surface area is 223 Å². The summed E-state index contributed by atoms with van der Waals surface area (Å²) in [6.45, 7) is 1.74. The van der Waals surface area contributed by atoms with Gasteiger partial charge in [-0.15, -0.1) is 11.8 Å². The zero-order chi connectivity index (χ0) is 23.1. The Kier molecular flexibility index (Phi) is 7.00. The predicted octanol–water partition coefficient (Wildman–Crippen LogP) is 2.92. The second kappa shape index (κ2) is 10.2. The highest BCUT2D eigenvalue weighted by Crippen LogP contribution is 2.41. The van der Waals surface area contributed by atoms with Crippen molar-refractivity contribution in [3.63, 3.8) is 0 Å². The number of hydrogen-bond donors (Lipinski definition) is 0. The number of nitrogens with zero attached hydrogens (tertiary/aromatic N) is 1. The van der Waals surface area contributed by atoms with Gasteiger partial charge in [0, 0.05) is 28.2 Å². The van der Waals surface area contributed by atoms with Crippen LogP contribution in [0.1, 0.15) is 5.56 Å². The third kappa shape index (κ3) is 4.65. The molecule has 2 aliphatic heterocycles. The van der Waals surface area contributed by atoms with Crippen molar-refractivity contribution in [1.29, 1.82) is 0 Å². The number of aryl methyl sites for hydroxylation is 2. The van der Waals surface area contributed by atoms with E-state index in [9.17, 15) is 0 Å². The lowest BCUT2D eigenvalue weighted by Crippen LogP contribution is -3.00. The first kappa shape index (κ1) is 24.1. The van der Waals surface area contributed by atoms with Crippen LogP contribution in [0.4, 0.5) is 0 Å². The van der Waals surface area contributed by atoms with E-state index in [0.29, 0.717) is 6.61 Å². The van der Waals surface area contributed by atoms with Crippen LogP contribution in [-0.4, -0.2) is 26.3 Å². The largest absolute Gasteiger partial charge is 1.00 e. The predicted molar refractivity (Wildman–Crippen MR) is 134 cm³/mol. The van der Waals surface area contributed by atoms with Crippen molar-refractivity contribution in [2.24, 2.45) is 0 Å². The molecule has 0 N–H and O–H groups in total. The number of hydrogen-bond acceptors (Lipinski definition) is 5. The molecule has 35 heavy (non-hydrogen) atoms. The summed E-state index contributed by atoms with van der Waals surface area (Å²) < 4.78 is 25.4. The van der Waals surface area contributed by atoms with Crippen LogP contribution in [-0.2, 0) is 13.0 Å².